The van der Waals surface area contributed by atoms with Crippen molar-refractivity contribution in [1.82, 2.24) is 4.98 Å². The van der Waals surface area contributed by atoms with Crippen molar-refractivity contribution in [2.45, 2.75) is 12.8 Å². The van der Waals surface area contributed by atoms with E-state index in [1.807, 2.05) is 0 Å². The molecule has 1 aromatic rings. The van der Waals surface area contributed by atoms with Crippen LogP contribution < -0.4 is 5.56 Å². The van der Waals surface area contributed by atoms with E-state index in [2.05, 4.69) is 4.98 Å². The number of pyridine rings is 1. The summed E-state index contributed by atoms with van der Waals surface area (Å²) in [5.41, 5.74) is -1.82. The molecule has 0 aliphatic carbocycles. The highest BCUT2D eigenvalue weighted by Gasteiger charge is 2.19. The topological polar surface area (TPSA) is 80.4 Å². The first-order valence-electron chi connectivity index (χ1n) is 3.91. The molecule has 1 N–H and O–H groups in total. The van der Waals surface area contributed by atoms with Crippen LogP contribution >= 0.6 is 0 Å². The number of nitrogens with zero attached hydrogens (tertiary/aromatic N) is 2. The van der Waals surface area contributed by atoms with Gasteiger partial charge >= 0.3 is 0 Å². The predicted octanol–water partition coefficient (Wildman–Crippen LogP) is 1.25. The van der Waals surface area contributed by atoms with Crippen LogP contribution in [0.2, 0.25) is 0 Å². The van der Waals surface area contributed by atoms with Gasteiger partial charge in [-0.1, -0.05) is 0 Å². The van der Waals surface area contributed by atoms with E-state index in [0.29, 0.717) is 0 Å². The molecule has 4 nitrogen and oxygen atoms in total. The number of aromatic nitrogens is 1. The van der Waals surface area contributed by atoms with E-state index in [9.17, 15) is 13.6 Å². The van der Waals surface area contributed by atoms with Gasteiger partial charge in [0.2, 0.25) is 5.56 Å². The van der Waals surface area contributed by atoms with Crippen LogP contribution in [-0.4, -0.2) is 4.98 Å². The molecule has 6 heteroatoms. The molecule has 0 aromatic carbocycles. The maximum atomic E-state index is 12.5. The minimum absolute atomic E-state index is 0.198. The molecular formula is C9H5F2N3O. The maximum absolute atomic E-state index is 12.5. The Balaban J connectivity index is 3.50. The summed E-state index contributed by atoms with van der Waals surface area (Å²) in [5, 5.41) is 16.9. The van der Waals surface area contributed by atoms with E-state index in [-0.39, 0.29) is 17.7 Å². The van der Waals surface area contributed by atoms with Gasteiger partial charge in [-0.15, -0.1) is 0 Å². The fraction of sp³-hybridized carbons (Fsp3) is 0.222. The highest BCUT2D eigenvalue weighted by Crippen LogP contribution is 2.24. The summed E-state index contributed by atoms with van der Waals surface area (Å²) in [6.07, 6.45) is -3.25. The second-order valence-corrected chi connectivity index (χ2v) is 2.69. The molecule has 1 rings (SSSR count). The fourth-order valence-electron chi connectivity index (χ4n) is 1.18. The van der Waals surface area contributed by atoms with Crippen LogP contribution in [0.15, 0.2) is 10.9 Å². The van der Waals surface area contributed by atoms with Gasteiger partial charge in [0.1, 0.15) is 0 Å². The molecule has 1 aromatic heterocycles. The van der Waals surface area contributed by atoms with E-state index in [1.54, 1.807) is 6.07 Å². The van der Waals surface area contributed by atoms with E-state index < -0.39 is 17.5 Å². The number of hydrogen-bond donors (Lipinski definition) is 1. The van der Waals surface area contributed by atoms with Gasteiger partial charge < -0.3 is 4.98 Å². The van der Waals surface area contributed by atoms with Gasteiger partial charge in [-0.05, 0) is 0 Å². The summed E-state index contributed by atoms with van der Waals surface area (Å²) in [7, 11) is 0. The Morgan fingerprint density at radius 3 is 2.60 bits per heavy atom. The van der Waals surface area contributed by atoms with Gasteiger partial charge in [-0.2, -0.15) is 10.5 Å². The SMILES string of the molecule is N#CCc1[nH]c(=O)cc(C#N)c1C(F)F. The third-order valence-electron chi connectivity index (χ3n) is 1.76. The van der Waals surface area contributed by atoms with Crippen LogP contribution in [0.5, 0.6) is 0 Å². The zero-order valence-corrected chi connectivity index (χ0v) is 7.42. The summed E-state index contributed by atoms with van der Waals surface area (Å²) < 4.78 is 25.1. The number of aromatic amines is 1. The van der Waals surface area contributed by atoms with E-state index in [4.69, 9.17) is 10.5 Å². The van der Waals surface area contributed by atoms with Crippen LogP contribution in [0, 0.1) is 22.7 Å². The van der Waals surface area contributed by atoms with Gasteiger partial charge in [0, 0.05) is 11.8 Å². The molecule has 0 amide bonds. The van der Waals surface area contributed by atoms with Crippen LogP contribution in [0.1, 0.15) is 23.2 Å². The standard InChI is InChI=1S/C9H5F2N3O/c10-9(11)8-5(4-13)3-7(15)14-6(8)1-2-12/h3,9H,1H2,(H,14,15). The van der Waals surface area contributed by atoms with E-state index in [1.165, 1.54) is 6.07 Å². The van der Waals surface area contributed by atoms with Crippen molar-refractivity contribution in [2.24, 2.45) is 0 Å². The lowest BCUT2D eigenvalue weighted by atomic mass is 10.1. The molecule has 0 radical (unpaired) electrons. The fourth-order valence-corrected chi connectivity index (χ4v) is 1.18. The quantitative estimate of drug-likeness (QED) is 0.795. The molecule has 0 atom stereocenters. The number of H-pyrrole nitrogens is 1. The molecule has 1 heterocycles. The van der Waals surface area contributed by atoms with Crippen LogP contribution in [-0.2, 0) is 6.42 Å². The Morgan fingerprint density at radius 1 is 1.47 bits per heavy atom. The monoisotopic (exact) mass is 209 g/mol. The van der Waals surface area contributed by atoms with Crippen molar-refractivity contribution in [3.63, 3.8) is 0 Å². The first kappa shape index (κ1) is 10.9. The third kappa shape index (κ3) is 2.18. The van der Waals surface area contributed by atoms with Gasteiger partial charge in [-0.3, -0.25) is 4.79 Å². The third-order valence-corrected chi connectivity index (χ3v) is 1.76. The Labute approximate surface area is 83.4 Å². The maximum Gasteiger partial charge on any atom is 0.266 e. The lowest BCUT2D eigenvalue weighted by Crippen LogP contribution is -2.13. The van der Waals surface area contributed by atoms with Crippen LogP contribution in [0.4, 0.5) is 8.78 Å². The summed E-state index contributed by atoms with van der Waals surface area (Å²) >= 11 is 0. The zero-order chi connectivity index (χ0) is 11.4. The molecule has 0 saturated heterocycles. The summed E-state index contributed by atoms with van der Waals surface area (Å²) in [6, 6.07) is 3.95. The molecule has 0 bridgehead atoms. The lowest BCUT2D eigenvalue weighted by Gasteiger charge is -2.06. The molecular weight excluding hydrogens is 204 g/mol. The van der Waals surface area contributed by atoms with Crippen LogP contribution in [0.3, 0.4) is 0 Å². The minimum Gasteiger partial charge on any atom is -0.325 e. The highest BCUT2D eigenvalue weighted by molar-refractivity contribution is 5.41. The Kier molecular flexibility index (Phi) is 3.14. The van der Waals surface area contributed by atoms with Gasteiger partial charge in [0.15, 0.2) is 0 Å². The number of halogens is 2. The number of nitrogens with one attached hydrogen (secondary N) is 1. The second-order valence-electron chi connectivity index (χ2n) is 2.69. The van der Waals surface area contributed by atoms with Crippen molar-refractivity contribution in [3.8, 4) is 12.1 Å². The largest absolute Gasteiger partial charge is 0.325 e. The van der Waals surface area contributed by atoms with Gasteiger partial charge in [0.05, 0.1) is 29.7 Å². The second kappa shape index (κ2) is 4.34. The Morgan fingerprint density at radius 2 is 2.13 bits per heavy atom. The van der Waals surface area contributed by atoms with E-state index in [0.717, 1.165) is 6.07 Å². The number of rotatable bonds is 2. The molecule has 15 heavy (non-hydrogen) atoms. The Hall–Kier alpha value is -2.21. The van der Waals surface area contributed by atoms with Gasteiger partial charge in [-0.25, -0.2) is 8.78 Å². The lowest BCUT2D eigenvalue weighted by molar-refractivity contribution is 0.149. The molecule has 0 fully saturated rings. The normalized spacial score (nSPS) is 9.67. The summed E-state index contributed by atoms with van der Waals surface area (Å²) in [4.78, 5) is 13.1. The molecule has 0 unspecified atom stereocenters. The molecule has 76 valence electrons. The molecule has 0 saturated carbocycles. The number of alkyl halides is 2. The first-order chi connectivity index (χ1) is 7.10. The average molecular weight is 209 g/mol. The molecule has 0 aliphatic rings. The van der Waals surface area contributed by atoms with Crippen molar-refractivity contribution in [1.29, 1.82) is 10.5 Å². The minimum atomic E-state index is -2.89. The summed E-state index contributed by atoms with van der Waals surface area (Å²) in [5.74, 6) is 0. The number of nitriles is 2. The van der Waals surface area contributed by atoms with Crippen LogP contribution in [0.25, 0.3) is 0 Å². The van der Waals surface area contributed by atoms with Crippen molar-refractivity contribution in [2.75, 3.05) is 0 Å². The zero-order valence-electron chi connectivity index (χ0n) is 7.42. The van der Waals surface area contributed by atoms with Crippen molar-refractivity contribution < 1.29 is 8.78 Å². The van der Waals surface area contributed by atoms with Gasteiger partial charge in [0.25, 0.3) is 6.43 Å². The average Bonchev–Trinajstić information content (AvgIpc) is 2.16. The van der Waals surface area contributed by atoms with E-state index >= 15 is 0 Å². The van der Waals surface area contributed by atoms with Crippen molar-refractivity contribution in [3.05, 3.63) is 33.2 Å². The smallest absolute Gasteiger partial charge is 0.266 e. The number of hydrogen-bond acceptors (Lipinski definition) is 3. The first-order valence-corrected chi connectivity index (χ1v) is 3.91. The highest BCUT2D eigenvalue weighted by atomic mass is 19.3. The Bertz CT molecular complexity index is 508. The predicted molar refractivity (Wildman–Crippen MR) is 46.1 cm³/mol. The van der Waals surface area contributed by atoms with Crippen molar-refractivity contribution >= 4 is 0 Å². The molecule has 0 spiro atoms. The molecule has 0 aliphatic heterocycles. The summed E-state index contributed by atoms with van der Waals surface area (Å²) in [6.45, 7) is 0.